The Kier molecular flexibility index (Phi) is 10.4. The quantitative estimate of drug-likeness (QED) is 0.223. The molecule has 11 aliphatic rings. The third kappa shape index (κ3) is 6.69. The van der Waals surface area contributed by atoms with Gasteiger partial charge in [0.25, 0.3) is 0 Å². The highest BCUT2D eigenvalue weighted by atomic mass is 15.2. The van der Waals surface area contributed by atoms with E-state index in [1.807, 2.05) is 0 Å². The number of fused-ring (bicyclic) bond motifs is 13. The standard InChI is InChI=1S/C70H71N/c1-44-24-37-63-61(39-44)59-32-23-45(2)40-65(59)70(63)66-41-49(47-17-9-6-10-18-47)27-33-57(66)58-34-28-50(42-67(58)70)53-36-38-68(60-21-12-11-19-54(53)60)71(51-29-25-48(26-30-51)46-15-7-5-8-16-46)52-31-35-56-55-20-13-14-22-62(55)69(3,4)64(56)43-52/h5-9,11,14-17,19,22-33,36-38,41-45,53-54,56,58-59,61,63,65H,10,12-13,18,20-21,34-35,39-40H2,1-4H3. The number of hydrogen-bond acceptors (Lipinski definition) is 1. The second-order valence-electron chi connectivity index (χ2n) is 24.0. The molecule has 14 rings (SSSR count). The average Bonchev–Trinajstić information content (AvgIpc) is 3.96. The Morgan fingerprint density at radius 3 is 2.25 bits per heavy atom. The maximum atomic E-state index is 2.84. The van der Waals surface area contributed by atoms with E-state index in [9.17, 15) is 0 Å². The van der Waals surface area contributed by atoms with E-state index in [2.05, 4.69) is 209 Å². The van der Waals surface area contributed by atoms with Crippen molar-refractivity contribution in [1.82, 2.24) is 0 Å². The van der Waals surface area contributed by atoms with Crippen LogP contribution in [0.1, 0.15) is 115 Å². The summed E-state index contributed by atoms with van der Waals surface area (Å²) in [7, 11) is 0. The summed E-state index contributed by atoms with van der Waals surface area (Å²) >= 11 is 0. The zero-order chi connectivity index (χ0) is 47.6. The van der Waals surface area contributed by atoms with Crippen LogP contribution in [0.4, 0.5) is 5.69 Å². The molecule has 0 saturated heterocycles. The summed E-state index contributed by atoms with van der Waals surface area (Å²) in [6.07, 6.45) is 55.2. The van der Waals surface area contributed by atoms with Crippen LogP contribution in [0.5, 0.6) is 0 Å². The van der Waals surface area contributed by atoms with Crippen molar-refractivity contribution in [2.75, 3.05) is 4.90 Å². The SMILES string of the molecule is CC1C=CC2C(C1)C1C=CC(C)CC1C21C2=CC(C3C=CC(N(C4=CCC5C(=C4)C(C)(C)C4=C5CCC=C4)c4ccc(-c5ccccc5)cc4)=C4CCC=CC43)=CCC2c2ccc(C3=CC=CCC3)cc21. The van der Waals surface area contributed by atoms with Crippen molar-refractivity contribution >= 4 is 11.3 Å². The average molecular weight is 926 g/mol. The number of hydrogen-bond donors (Lipinski definition) is 0. The van der Waals surface area contributed by atoms with Gasteiger partial charge in [0.1, 0.15) is 0 Å². The molecule has 11 aliphatic carbocycles. The van der Waals surface area contributed by atoms with E-state index < -0.39 is 0 Å². The monoisotopic (exact) mass is 926 g/mol. The molecule has 0 aliphatic heterocycles. The number of benzene rings is 3. The van der Waals surface area contributed by atoms with Crippen LogP contribution >= 0.6 is 0 Å². The Morgan fingerprint density at radius 1 is 0.620 bits per heavy atom. The van der Waals surface area contributed by atoms with Crippen LogP contribution in [0.2, 0.25) is 0 Å². The second-order valence-corrected chi connectivity index (χ2v) is 24.0. The summed E-state index contributed by atoms with van der Waals surface area (Å²) < 4.78 is 0. The van der Waals surface area contributed by atoms with Crippen LogP contribution in [0.25, 0.3) is 16.7 Å². The molecule has 71 heavy (non-hydrogen) atoms. The van der Waals surface area contributed by atoms with Gasteiger partial charge in [0, 0.05) is 51.6 Å². The fraction of sp³-hybridized carbons (Fsp3) is 0.371. The van der Waals surface area contributed by atoms with E-state index >= 15 is 0 Å². The topological polar surface area (TPSA) is 3.24 Å². The predicted octanol–water partition coefficient (Wildman–Crippen LogP) is 17.8. The van der Waals surface area contributed by atoms with Gasteiger partial charge in [-0.2, -0.15) is 0 Å². The lowest BCUT2D eigenvalue weighted by Crippen LogP contribution is -2.40. The van der Waals surface area contributed by atoms with Crippen LogP contribution in [-0.2, 0) is 5.41 Å². The summed E-state index contributed by atoms with van der Waals surface area (Å²) in [5.74, 6) is 5.24. The molecule has 0 radical (unpaired) electrons. The highest BCUT2D eigenvalue weighted by Crippen LogP contribution is 2.72. The van der Waals surface area contributed by atoms with Crippen molar-refractivity contribution in [3.63, 3.8) is 0 Å². The van der Waals surface area contributed by atoms with E-state index in [4.69, 9.17) is 0 Å². The lowest BCUT2D eigenvalue weighted by molar-refractivity contribution is 0.255. The van der Waals surface area contributed by atoms with Crippen LogP contribution in [0, 0.1) is 58.7 Å². The van der Waals surface area contributed by atoms with Gasteiger partial charge >= 0.3 is 0 Å². The van der Waals surface area contributed by atoms with Crippen LogP contribution in [0.15, 0.2) is 221 Å². The molecule has 0 aromatic heterocycles. The minimum Gasteiger partial charge on any atom is -0.311 e. The third-order valence-electron chi connectivity index (χ3n) is 20.0. The normalized spacial score (nSPS) is 34.3. The summed E-state index contributed by atoms with van der Waals surface area (Å²) in [4.78, 5) is 2.67. The van der Waals surface area contributed by atoms with E-state index in [1.54, 1.807) is 44.6 Å². The molecule has 0 bridgehead atoms. The molecule has 0 amide bonds. The molecule has 3 aromatic carbocycles. The molecular formula is C70H71N. The Bertz CT molecular complexity index is 3130. The minimum atomic E-state index is 0.00953. The van der Waals surface area contributed by atoms with Crippen molar-refractivity contribution in [2.24, 2.45) is 58.7 Å². The summed E-state index contributed by atoms with van der Waals surface area (Å²) in [6.45, 7) is 9.93. The maximum absolute atomic E-state index is 2.84. The predicted molar refractivity (Wildman–Crippen MR) is 297 cm³/mol. The fourth-order valence-corrected chi connectivity index (χ4v) is 16.9. The first-order valence-corrected chi connectivity index (χ1v) is 27.9. The molecule has 0 heterocycles. The lowest BCUT2D eigenvalue weighted by Gasteiger charge is -2.44. The molecule has 1 fully saturated rings. The Labute approximate surface area is 424 Å². The first-order valence-electron chi connectivity index (χ1n) is 27.9. The highest BCUT2D eigenvalue weighted by molar-refractivity contribution is 5.74. The van der Waals surface area contributed by atoms with Gasteiger partial charge in [0.2, 0.25) is 0 Å². The number of rotatable bonds is 6. The van der Waals surface area contributed by atoms with Crippen molar-refractivity contribution in [1.29, 1.82) is 0 Å². The summed E-state index contributed by atoms with van der Waals surface area (Å²) in [6, 6.07) is 28.2. The molecule has 3 aromatic rings. The number of allylic oxidation sites excluding steroid dienone is 24. The summed E-state index contributed by atoms with van der Waals surface area (Å²) in [5, 5.41) is 0. The van der Waals surface area contributed by atoms with Gasteiger partial charge in [-0.05, 0) is 174 Å². The second kappa shape index (κ2) is 16.8. The van der Waals surface area contributed by atoms with E-state index in [0.717, 1.165) is 38.5 Å². The van der Waals surface area contributed by atoms with Crippen molar-refractivity contribution in [3.05, 3.63) is 238 Å². The molecule has 1 spiro atoms. The lowest BCUT2D eigenvalue weighted by atomic mass is 9.59. The zero-order valence-corrected chi connectivity index (χ0v) is 42.5. The van der Waals surface area contributed by atoms with Gasteiger partial charge in [0.05, 0.1) is 0 Å². The number of nitrogens with zero attached hydrogens (tertiary/aromatic N) is 1. The van der Waals surface area contributed by atoms with Gasteiger partial charge < -0.3 is 4.90 Å². The summed E-state index contributed by atoms with van der Waals surface area (Å²) in [5.41, 5.74) is 22.6. The van der Waals surface area contributed by atoms with Gasteiger partial charge in [-0.25, -0.2) is 0 Å². The molecular weight excluding hydrogens is 855 g/mol. The smallest absolute Gasteiger partial charge is 0.0461 e. The van der Waals surface area contributed by atoms with E-state index in [1.165, 1.54) is 65.0 Å². The maximum Gasteiger partial charge on any atom is 0.0461 e. The Balaban J connectivity index is 0.883. The minimum absolute atomic E-state index is 0.00953. The van der Waals surface area contributed by atoms with Gasteiger partial charge in [-0.15, -0.1) is 0 Å². The highest BCUT2D eigenvalue weighted by Gasteiger charge is 2.66. The van der Waals surface area contributed by atoms with Gasteiger partial charge in [-0.3, -0.25) is 0 Å². The first-order chi connectivity index (χ1) is 34.8. The molecule has 356 valence electrons. The van der Waals surface area contributed by atoms with Gasteiger partial charge in [-0.1, -0.05) is 196 Å². The van der Waals surface area contributed by atoms with Crippen molar-refractivity contribution in [2.45, 2.75) is 103 Å². The van der Waals surface area contributed by atoms with E-state index in [-0.39, 0.29) is 10.8 Å². The third-order valence-corrected chi connectivity index (χ3v) is 20.0. The Hall–Kier alpha value is -5.92. The fourth-order valence-electron chi connectivity index (χ4n) is 16.9. The van der Waals surface area contributed by atoms with Crippen molar-refractivity contribution < 1.29 is 0 Å². The van der Waals surface area contributed by atoms with Crippen molar-refractivity contribution in [3.8, 4) is 11.1 Å². The van der Waals surface area contributed by atoms with Gasteiger partial charge in [0.15, 0.2) is 0 Å². The Morgan fingerprint density at radius 2 is 1.39 bits per heavy atom. The molecule has 11 unspecified atom stereocenters. The van der Waals surface area contributed by atoms with E-state index in [0.29, 0.717) is 59.2 Å². The van der Waals surface area contributed by atoms with Crippen LogP contribution in [0.3, 0.4) is 0 Å². The number of anilines is 1. The van der Waals surface area contributed by atoms with Crippen LogP contribution in [-0.4, -0.2) is 0 Å². The van der Waals surface area contributed by atoms with Crippen LogP contribution < -0.4 is 4.90 Å². The zero-order valence-electron chi connectivity index (χ0n) is 42.5. The molecule has 1 saturated carbocycles. The first kappa shape index (κ1) is 43.8. The molecule has 11 atom stereocenters. The molecule has 0 N–H and O–H groups in total. The molecule has 1 heteroatoms. The largest absolute Gasteiger partial charge is 0.311 e. The molecule has 1 nitrogen and oxygen atoms in total.